The molecule has 0 aromatic carbocycles. The maximum atomic E-state index is 12.3. The lowest BCUT2D eigenvalue weighted by Gasteiger charge is -2.30. The van der Waals surface area contributed by atoms with Crippen LogP contribution >= 0.6 is 0 Å². The fourth-order valence-corrected chi connectivity index (χ4v) is 2.80. The molecule has 0 N–H and O–H groups in total. The predicted molar refractivity (Wildman–Crippen MR) is 55.9 cm³/mol. The summed E-state index contributed by atoms with van der Waals surface area (Å²) in [6, 6.07) is 0. The molecule has 0 aliphatic carbocycles. The summed E-state index contributed by atoms with van der Waals surface area (Å²) >= 11 is 0. The number of halogens is 3. The summed E-state index contributed by atoms with van der Waals surface area (Å²) in [6.07, 6.45) is 0.543. The zero-order chi connectivity index (χ0) is 14.0. The van der Waals surface area contributed by atoms with Gasteiger partial charge in [-0.3, -0.25) is 4.79 Å². The SMILES string of the molecule is CCOC(=O)[C@@H]1CCCN(S(=O)(=O)C(F)(F)F)C1. The largest absolute Gasteiger partial charge is 0.511 e. The van der Waals surface area contributed by atoms with E-state index in [1.807, 2.05) is 0 Å². The second-order valence-electron chi connectivity index (χ2n) is 3.90. The maximum absolute atomic E-state index is 12.3. The molecule has 1 rings (SSSR count). The summed E-state index contributed by atoms with van der Waals surface area (Å²) in [6.45, 7) is 0.991. The Hall–Kier alpha value is -0.830. The first kappa shape index (κ1) is 15.2. The summed E-state index contributed by atoms with van der Waals surface area (Å²) in [5, 5.41) is 0. The second-order valence-corrected chi connectivity index (χ2v) is 5.83. The third-order valence-corrected chi connectivity index (χ3v) is 4.23. The number of carbonyl (C=O) groups excluding carboxylic acids is 1. The van der Waals surface area contributed by atoms with Crippen LogP contribution in [0.3, 0.4) is 0 Å². The van der Waals surface area contributed by atoms with E-state index in [-0.39, 0.29) is 19.6 Å². The van der Waals surface area contributed by atoms with Crippen LogP contribution in [0.5, 0.6) is 0 Å². The van der Waals surface area contributed by atoms with Gasteiger partial charge in [-0.05, 0) is 19.8 Å². The normalized spacial score (nSPS) is 22.8. The van der Waals surface area contributed by atoms with Crippen molar-refractivity contribution in [3.05, 3.63) is 0 Å². The van der Waals surface area contributed by atoms with E-state index >= 15 is 0 Å². The van der Waals surface area contributed by atoms with E-state index in [0.29, 0.717) is 10.7 Å². The number of alkyl halides is 3. The molecule has 1 aliphatic heterocycles. The molecule has 0 radical (unpaired) electrons. The van der Waals surface area contributed by atoms with Crippen LogP contribution in [0.15, 0.2) is 0 Å². The average molecular weight is 289 g/mol. The molecule has 1 saturated heterocycles. The molecule has 0 aromatic rings. The van der Waals surface area contributed by atoms with Gasteiger partial charge >= 0.3 is 21.5 Å². The lowest BCUT2D eigenvalue weighted by molar-refractivity contribution is -0.149. The fourth-order valence-electron chi connectivity index (χ4n) is 1.76. The molecule has 18 heavy (non-hydrogen) atoms. The lowest BCUT2D eigenvalue weighted by atomic mass is 10.0. The van der Waals surface area contributed by atoms with Crippen LogP contribution in [-0.2, 0) is 19.6 Å². The number of carbonyl (C=O) groups is 1. The highest BCUT2D eigenvalue weighted by Crippen LogP contribution is 2.30. The van der Waals surface area contributed by atoms with Gasteiger partial charge in [0.1, 0.15) is 0 Å². The van der Waals surface area contributed by atoms with Crippen molar-refractivity contribution in [1.29, 1.82) is 0 Å². The maximum Gasteiger partial charge on any atom is 0.511 e. The summed E-state index contributed by atoms with van der Waals surface area (Å²) in [4.78, 5) is 11.4. The van der Waals surface area contributed by atoms with Gasteiger partial charge in [-0.25, -0.2) is 8.42 Å². The Morgan fingerprint density at radius 2 is 2.06 bits per heavy atom. The molecule has 0 aromatic heterocycles. The highest BCUT2D eigenvalue weighted by atomic mass is 32.2. The number of esters is 1. The molecular weight excluding hydrogens is 275 g/mol. The van der Waals surface area contributed by atoms with E-state index in [0.717, 1.165) is 0 Å². The first-order valence-corrected chi connectivity index (χ1v) is 6.87. The Morgan fingerprint density at radius 1 is 1.44 bits per heavy atom. The van der Waals surface area contributed by atoms with E-state index in [1.165, 1.54) is 0 Å². The second kappa shape index (κ2) is 5.43. The summed E-state index contributed by atoms with van der Waals surface area (Å²) in [7, 11) is -5.36. The highest BCUT2D eigenvalue weighted by Gasteiger charge is 2.51. The van der Waals surface area contributed by atoms with E-state index in [9.17, 15) is 26.4 Å². The van der Waals surface area contributed by atoms with Gasteiger partial charge in [-0.15, -0.1) is 0 Å². The number of ether oxygens (including phenoxy) is 1. The third-order valence-electron chi connectivity index (χ3n) is 2.64. The van der Waals surface area contributed by atoms with E-state index in [4.69, 9.17) is 0 Å². The van der Waals surface area contributed by atoms with Gasteiger partial charge in [0, 0.05) is 13.1 Å². The van der Waals surface area contributed by atoms with Gasteiger partial charge in [-0.1, -0.05) is 0 Å². The van der Waals surface area contributed by atoms with Crippen molar-refractivity contribution in [2.24, 2.45) is 5.92 Å². The minimum absolute atomic E-state index is 0.112. The lowest BCUT2D eigenvalue weighted by Crippen LogP contribution is -2.47. The van der Waals surface area contributed by atoms with Crippen molar-refractivity contribution in [2.45, 2.75) is 25.3 Å². The minimum atomic E-state index is -5.36. The first-order valence-electron chi connectivity index (χ1n) is 5.43. The van der Waals surface area contributed by atoms with Crippen LogP contribution in [0.1, 0.15) is 19.8 Å². The van der Waals surface area contributed by atoms with Gasteiger partial charge in [0.05, 0.1) is 12.5 Å². The van der Waals surface area contributed by atoms with Crippen molar-refractivity contribution in [3.63, 3.8) is 0 Å². The number of nitrogens with zero attached hydrogens (tertiary/aromatic N) is 1. The van der Waals surface area contributed by atoms with Crippen LogP contribution < -0.4 is 0 Å². The molecule has 5 nitrogen and oxygen atoms in total. The molecule has 0 bridgehead atoms. The van der Waals surface area contributed by atoms with Crippen molar-refractivity contribution >= 4 is 16.0 Å². The van der Waals surface area contributed by atoms with Crippen molar-refractivity contribution < 1.29 is 31.1 Å². The van der Waals surface area contributed by atoms with Crippen LogP contribution in [0.25, 0.3) is 0 Å². The molecule has 106 valence electrons. The molecule has 1 aliphatic rings. The standard InChI is InChI=1S/C9H14F3NO4S/c1-2-17-8(14)7-4-3-5-13(6-7)18(15,16)9(10,11)12/h7H,2-6H2,1H3/t7-/m1/s1. The van der Waals surface area contributed by atoms with Crippen LogP contribution in [0.4, 0.5) is 13.2 Å². The molecule has 1 fully saturated rings. The summed E-state index contributed by atoms with van der Waals surface area (Å²) in [5.41, 5.74) is -5.33. The third kappa shape index (κ3) is 3.14. The van der Waals surface area contributed by atoms with Gasteiger partial charge in [-0.2, -0.15) is 17.5 Å². The number of hydrogen-bond acceptors (Lipinski definition) is 4. The van der Waals surface area contributed by atoms with E-state index < -0.39 is 34.0 Å². The first-order chi connectivity index (χ1) is 8.20. The Morgan fingerprint density at radius 3 is 2.56 bits per heavy atom. The van der Waals surface area contributed by atoms with Crippen LogP contribution in [-0.4, -0.2) is 43.9 Å². The molecule has 1 heterocycles. The molecule has 0 saturated carbocycles. The van der Waals surface area contributed by atoms with Gasteiger partial charge in [0.15, 0.2) is 0 Å². The zero-order valence-electron chi connectivity index (χ0n) is 9.74. The molecule has 9 heteroatoms. The van der Waals surface area contributed by atoms with Crippen molar-refractivity contribution in [1.82, 2.24) is 4.31 Å². The summed E-state index contributed by atoms with van der Waals surface area (Å²) < 4.78 is 64.4. The molecule has 1 atom stereocenters. The van der Waals surface area contributed by atoms with Gasteiger partial charge in [0.2, 0.25) is 0 Å². The number of rotatable bonds is 3. The monoisotopic (exact) mass is 289 g/mol. The minimum Gasteiger partial charge on any atom is -0.466 e. The van der Waals surface area contributed by atoms with Crippen molar-refractivity contribution in [2.75, 3.05) is 19.7 Å². The molecular formula is C9H14F3NO4S. The zero-order valence-corrected chi connectivity index (χ0v) is 10.6. The average Bonchev–Trinajstić information content (AvgIpc) is 2.28. The molecule has 0 spiro atoms. The van der Waals surface area contributed by atoms with Crippen LogP contribution in [0.2, 0.25) is 0 Å². The Bertz CT molecular complexity index is 407. The van der Waals surface area contributed by atoms with E-state index in [1.54, 1.807) is 6.92 Å². The number of sulfonamides is 1. The fraction of sp³-hybridized carbons (Fsp3) is 0.889. The highest BCUT2D eigenvalue weighted by molar-refractivity contribution is 7.90. The smallest absolute Gasteiger partial charge is 0.466 e. The molecule has 0 amide bonds. The summed E-state index contributed by atoms with van der Waals surface area (Å²) in [5.74, 6) is -1.48. The topological polar surface area (TPSA) is 63.7 Å². The Labute approximate surface area is 103 Å². The molecule has 0 unspecified atom stereocenters. The quantitative estimate of drug-likeness (QED) is 0.730. The van der Waals surface area contributed by atoms with E-state index in [2.05, 4.69) is 4.74 Å². The predicted octanol–water partition coefficient (Wildman–Crippen LogP) is 1.11. The van der Waals surface area contributed by atoms with Gasteiger partial charge in [0.25, 0.3) is 0 Å². The Kier molecular flexibility index (Phi) is 4.60. The van der Waals surface area contributed by atoms with Crippen LogP contribution in [0, 0.1) is 5.92 Å². The number of hydrogen-bond donors (Lipinski definition) is 0. The Balaban J connectivity index is 2.79. The van der Waals surface area contributed by atoms with Gasteiger partial charge < -0.3 is 4.74 Å². The number of piperidine rings is 1. The van der Waals surface area contributed by atoms with Crippen molar-refractivity contribution in [3.8, 4) is 0 Å².